The molecule has 0 aromatic carbocycles. The first-order chi connectivity index (χ1) is 8.49. The van der Waals surface area contributed by atoms with Crippen LogP contribution in [0.25, 0.3) is 0 Å². The van der Waals surface area contributed by atoms with Gasteiger partial charge in [0.25, 0.3) is 0 Å². The highest BCUT2D eigenvalue weighted by atomic mass is 16.5. The predicted molar refractivity (Wildman–Crippen MR) is 67.0 cm³/mol. The maximum atomic E-state index is 12.6. The standard InChI is InChI=1S/C13H22N2O3/c1-4-13(3)12(17)15(9(2)11(16)14-13)10-5-7-18-8-6-10/h9-10H,4-8H2,1-3H3,(H,14,16). The lowest BCUT2D eigenvalue weighted by molar-refractivity contribution is -0.158. The van der Waals surface area contributed by atoms with Crippen molar-refractivity contribution in [1.29, 1.82) is 0 Å². The van der Waals surface area contributed by atoms with Crippen LogP contribution in [0.1, 0.15) is 40.0 Å². The Hall–Kier alpha value is -1.10. The number of nitrogens with zero attached hydrogens (tertiary/aromatic N) is 1. The molecule has 1 N–H and O–H groups in total. The summed E-state index contributed by atoms with van der Waals surface area (Å²) in [6, 6.07) is -0.238. The number of piperazine rings is 1. The second-order valence-corrected chi connectivity index (χ2v) is 5.41. The van der Waals surface area contributed by atoms with E-state index in [0.717, 1.165) is 12.8 Å². The maximum absolute atomic E-state index is 12.6. The zero-order valence-corrected chi connectivity index (χ0v) is 11.4. The molecular weight excluding hydrogens is 232 g/mol. The molecule has 2 unspecified atom stereocenters. The molecule has 0 bridgehead atoms. The van der Waals surface area contributed by atoms with Gasteiger partial charge in [-0.15, -0.1) is 0 Å². The van der Waals surface area contributed by atoms with Gasteiger partial charge in [0.2, 0.25) is 11.8 Å². The second kappa shape index (κ2) is 4.88. The number of ether oxygens (including phenoxy) is 1. The van der Waals surface area contributed by atoms with Gasteiger partial charge < -0.3 is 15.0 Å². The Balaban J connectivity index is 2.24. The molecule has 2 heterocycles. The van der Waals surface area contributed by atoms with Crippen LogP contribution in [-0.2, 0) is 14.3 Å². The molecule has 5 nitrogen and oxygen atoms in total. The first-order valence-electron chi connectivity index (χ1n) is 6.72. The largest absolute Gasteiger partial charge is 0.381 e. The quantitative estimate of drug-likeness (QED) is 0.788. The third-order valence-corrected chi connectivity index (χ3v) is 4.19. The van der Waals surface area contributed by atoms with Gasteiger partial charge in [0, 0.05) is 19.3 Å². The van der Waals surface area contributed by atoms with Crippen molar-refractivity contribution in [3.05, 3.63) is 0 Å². The van der Waals surface area contributed by atoms with E-state index in [1.165, 1.54) is 0 Å². The maximum Gasteiger partial charge on any atom is 0.248 e. The average molecular weight is 254 g/mol. The first kappa shape index (κ1) is 13.3. The SMILES string of the molecule is CCC1(C)NC(=O)C(C)N(C2CCOCC2)C1=O. The Morgan fingerprint density at radius 3 is 2.56 bits per heavy atom. The van der Waals surface area contributed by atoms with E-state index in [1.807, 2.05) is 13.8 Å². The zero-order chi connectivity index (χ0) is 13.3. The highest BCUT2D eigenvalue weighted by Crippen LogP contribution is 2.26. The number of rotatable bonds is 2. The minimum absolute atomic E-state index is 0.0454. The Labute approximate surface area is 108 Å². The Morgan fingerprint density at radius 1 is 1.39 bits per heavy atom. The fraction of sp³-hybridized carbons (Fsp3) is 0.846. The molecule has 2 saturated heterocycles. The lowest BCUT2D eigenvalue weighted by Gasteiger charge is -2.47. The summed E-state index contributed by atoms with van der Waals surface area (Å²) in [5.74, 6) is -0.00515. The molecule has 2 atom stereocenters. The van der Waals surface area contributed by atoms with Gasteiger partial charge in [0.05, 0.1) is 0 Å². The molecule has 0 spiro atoms. The molecule has 2 aliphatic heterocycles. The third kappa shape index (κ3) is 2.11. The number of amides is 2. The molecule has 0 saturated carbocycles. The minimum Gasteiger partial charge on any atom is -0.381 e. The molecule has 2 rings (SSSR count). The summed E-state index contributed by atoms with van der Waals surface area (Å²) in [6.07, 6.45) is 2.26. The summed E-state index contributed by atoms with van der Waals surface area (Å²) in [4.78, 5) is 26.4. The van der Waals surface area contributed by atoms with Gasteiger partial charge in [-0.3, -0.25) is 9.59 Å². The lowest BCUT2D eigenvalue weighted by Crippen LogP contribution is -2.70. The lowest BCUT2D eigenvalue weighted by atomic mass is 9.90. The smallest absolute Gasteiger partial charge is 0.248 e. The Bertz CT molecular complexity index is 352. The molecule has 0 aromatic heterocycles. The van der Waals surface area contributed by atoms with Gasteiger partial charge in [-0.2, -0.15) is 0 Å². The number of hydrogen-bond donors (Lipinski definition) is 1. The molecular formula is C13H22N2O3. The summed E-state index contributed by atoms with van der Waals surface area (Å²) in [6.45, 7) is 6.89. The molecule has 5 heteroatoms. The Kier molecular flexibility index (Phi) is 3.61. The summed E-state index contributed by atoms with van der Waals surface area (Å²) < 4.78 is 5.33. The molecule has 18 heavy (non-hydrogen) atoms. The monoisotopic (exact) mass is 254 g/mol. The van der Waals surface area contributed by atoms with Gasteiger partial charge in [-0.1, -0.05) is 6.92 Å². The Morgan fingerprint density at radius 2 is 2.00 bits per heavy atom. The van der Waals surface area contributed by atoms with Crippen molar-refractivity contribution in [2.24, 2.45) is 0 Å². The van der Waals surface area contributed by atoms with E-state index in [4.69, 9.17) is 4.74 Å². The van der Waals surface area contributed by atoms with E-state index in [2.05, 4.69) is 5.32 Å². The number of carbonyl (C=O) groups excluding carboxylic acids is 2. The third-order valence-electron chi connectivity index (χ3n) is 4.19. The minimum atomic E-state index is -0.748. The second-order valence-electron chi connectivity index (χ2n) is 5.41. The fourth-order valence-corrected chi connectivity index (χ4v) is 2.70. The zero-order valence-electron chi connectivity index (χ0n) is 11.4. The summed E-state index contributed by atoms with van der Waals surface area (Å²) in [7, 11) is 0. The first-order valence-corrected chi connectivity index (χ1v) is 6.72. The highest BCUT2D eigenvalue weighted by molar-refractivity contribution is 5.99. The summed E-state index contributed by atoms with van der Waals surface area (Å²) >= 11 is 0. The van der Waals surface area contributed by atoms with E-state index in [-0.39, 0.29) is 23.9 Å². The average Bonchev–Trinajstić information content (AvgIpc) is 2.38. The molecule has 0 aromatic rings. The van der Waals surface area contributed by atoms with Crippen LogP contribution >= 0.6 is 0 Å². The summed E-state index contributed by atoms with van der Waals surface area (Å²) in [5.41, 5.74) is -0.748. The fourth-order valence-electron chi connectivity index (χ4n) is 2.70. The van der Waals surface area contributed by atoms with Gasteiger partial charge >= 0.3 is 0 Å². The van der Waals surface area contributed by atoms with Gasteiger partial charge in [0.15, 0.2) is 0 Å². The molecule has 2 fully saturated rings. The van der Waals surface area contributed by atoms with Crippen LogP contribution in [-0.4, -0.2) is 47.6 Å². The molecule has 2 amide bonds. The molecule has 102 valence electrons. The van der Waals surface area contributed by atoms with E-state index in [1.54, 1.807) is 11.8 Å². The van der Waals surface area contributed by atoms with E-state index in [9.17, 15) is 9.59 Å². The van der Waals surface area contributed by atoms with Crippen LogP contribution in [0.3, 0.4) is 0 Å². The van der Waals surface area contributed by atoms with Gasteiger partial charge in [-0.25, -0.2) is 0 Å². The van der Waals surface area contributed by atoms with Crippen molar-refractivity contribution < 1.29 is 14.3 Å². The molecule has 2 aliphatic rings. The van der Waals surface area contributed by atoms with Crippen LogP contribution in [0, 0.1) is 0 Å². The predicted octanol–water partition coefficient (Wildman–Crippen LogP) is 0.681. The summed E-state index contributed by atoms with van der Waals surface area (Å²) in [5, 5.41) is 2.85. The normalized spacial score (nSPS) is 34.6. The van der Waals surface area contributed by atoms with Gasteiger partial charge in [0.1, 0.15) is 11.6 Å². The van der Waals surface area contributed by atoms with Gasteiger partial charge in [-0.05, 0) is 33.1 Å². The van der Waals surface area contributed by atoms with Crippen molar-refractivity contribution >= 4 is 11.8 Å². The van der Waals surface area contributed by atoms with Crippen molar-refractivity contribution in [2.75, 3.05) is 13.2 Å². The van der Waals surface area contributed by atoms with Crippen molar-refractivity contribution in [3.8, 4) is 0 Å². The van der Waals surface area contributed by atoms with Crippen LogP contribution in [0.15, 0.2) is 0 Å². The van der Waals surface area contributed by atoms with Crippen molar-refractivity contribution in [1.82, 2.24) is 10.2 Å². The van der Waals surface area contributed by atoms with Crippen molar-refractivity contribution in [3.63, 3.8) is 0 Å². The van der Waals surface area contributed by atoms with E-state index >= 15 is 0 Å². The van der Waals surface area contributed by atoms with Crippen LogP contribution in [0.4, 0.5) is 0 Å². The number of carbonyl (C=O) groups is 2. The molecule has 0 aliphatic carbocycles. The van der Waals surface area contributed by atoms with Crippen LogP contribution in [0.5, 0.6) is 0 Å². The van der Waals surface area contributed by atoms with E-state index in [0.29, 0.717) is 19.6 Å². The molecule has 0 radical (unpaired) electrons. The number of nitrogens with one attached hydrogen (secondary N) is 1. The number of hydrogen-bond acceptors (Lipinski definition) is 3. The topological polar surface area (TPSA) is 58.6 Å². The highest BCUT2D eigenvalue weighted by Gasteiger charge is 2.47. The van der Waals surface area contributed by atoms with Crippen molar-refractivity contribution in [2.45, 2.75) is 57.7 Å². The van der Waals surface area contributed by atoms with E-state index < -0.39 is 5.54 Å². The van der Waals surface area contributed by atoms with Crippen LogP contribution < -0.4 is 5.32 Å². The van der Waals surface area contributed by atoms with Crippen LogP contribution in [0.2, 0.25) is 0 Å².